The molecule has 1 aromatic carbocycles. The zero-order chi connectivity index (χ0) is 13.6. The van der Waals surface area contributed by atoms with Crippen molar-refractivity contribution >= 4 is 9.84 Å². The molecule has 0 spiro atoms. The van der Waals surface area contributed by atoms with E-state index in [9.17, 15) is 8.42 Å². The molecule has 0 radical (unpaired) electrons. The lowest BCUT2D eigenvalue weighted by atomic mass is 9.89. The van der Waals surface area contributed by atoms with Gasteiger partial charge < -0.3 is 10.5 Å². The van der Waals surface area contributed by atoms with Gasteiger partial charge in [0.15, 0.2) is 9.84 Å². The van der Waals surface area contributed by atoms with E-state index in [1.54, 1.807) is 6.07 Å². The maximum absolute atomic E-state index is 12.0. The van der Waals surface area contributed by atoms with Gasteiger partial charge in [-0.25, -0.2) is 8.42 Å². The van der Waals surface area contributed by atoms with Crippen molar-refractivity contribution in [2.24, 2.45) is 5.73 Å². The van der Waals surface area contributed by atoms with Crippen molar-refractivity contribution in [1.82, 2.24) is 0 Å². The molecule has 0 amide bonds. The van der Waals surface area contributed by atoms with Gasteiger partial charge in [0.2, 0.25) is 0 Å². The molecule has 1 atom stereocenters. The van der Waals surface area contributed by atoms with Gasteiger partial charge in [-0.15, -0.1) is 0 Å². The Morgan fingerprint density at radius 3 is 2.39 bits per heavy atom. The largest absolute Gasteiger partial charge is 0.495 e. The average molecular weight is 269 g/mol. The monoisotopic (exact) mass is 269 g/mol. The summed E-state index contributed by atoms with van der Waals surface area (Å²) in [5.74, 6) is 0.405. The summed E-state index contributed by atoms with van der Waals surface area (Å²) in [5, 5.41) is 0. The van der Waals surface area contributed by atoms with Crippen LogP contribution < -0.4 is 10.5 Å². The molecule has 4 nitrogen and oxygen atoms in total. The normalized spacial score (nSPS) is 19.3. The van der Waals surface area contributed by atoms with Gasteiger partial charge in [0.05, 0.1) is 7.11 Å². The Labute approximate surface area is 108 Å². The van der Waals surface area contributed by atoms with Gasteiger partial charge in [-0.1, -0.05) is 12.1 Å². The SMILES string of the molecule is COc1cccc(C2(C(C)N)CC2)c1S(C)(=O)=O. The van der Waals surface area contributed by atoms with E-state index >= 15 is 0 Å². The van der Waals surface area contributed by atoms with Gasteiger partial charge in [-0.05, 0) is 31.4 Å². The first-order valence-electron chi connectivity index (χ1n) is 5.96. The molecule has 0 aromatic heterocycles. The zero-order valence-corrected chi connectivity index (χ0v) is 11.8. The minimum Gasteiger partial charge on any atom is -0.495 e. The molecule has 0 bridgehead atoms. The Hall–Kier alpha value is -1.07. The third-order valence-corrected chi connectivity index (χ3v) is 4.93. The summed E-state index contributed by atoms with van der Waals surface area (Å²) in [5.41, 5.74) is 6.64. The van der Waals surface area contributed by atoms with Crippen molar-refractivity contribution in [1.29, 1.82) is 0 Å². The lowest BCUT2D eigenvalue weighted by Crippen LogP contribution is -2.32. The molecule has 2 N–H and O–H groups in total. The van der Waals surface area contributed by atoms with E-state index in [0.717, 1.165) is 18.4 Å². The van der Waals surface area contributed by atoms with Crippen LogP contribution in [0.25, 0.3) is 0 Å². The van der Waals surface area contributed by atoms with Crippen molar-refractivity contribution in [3.05, 3.63) is 23.8 Å². The predicted octanol–water partition coefficient (Wildman–Crippen LogP) is 1.48. The quantitative estimate of drug-likeness (QED) is 0.899. The molecule has 1 aromatic rings. The van der Waals surface area contributed by atoms with E-state index in [1.807, 2.05) is 19.1 Å². The number of sulfone groups is 1. The Bertz CT molecular complexity index is 560. The maximum atomic E-state index is 12.0. The molecular formula is C13H19NO3S. The van der Waals surface area contributed by atoms with Crippen LogP contribution in [0.2, 0.25) is 0 Å². The van der Waals surface area contributed by atoms with Crippen LogP contribution in [0.5, 0.6) is 5.75 Å². The zero-order valence-electron chi connectivity index (χ0n) is 10.9. The number of benzene rings is 1. The highest BCUT2D eigenvalue weighted by atomic mass is 32.2. The lowest BCUT2D eigenvalue weighted by molar-refractivity contribution is 0.398. The summed E-state index contributed by atoms with van der Waals surface area (Å²) in [7, 11) is -1.85. The molecule has 2 rings (SSSR count). The number of hydrogen-bond acceptors (Lipinski definition) is 4. The standard InChI is InChI=1S/C13H19NO3S/c1-9(14)13(7-8-13)10-5-4-6-11(17-2)12(10)18(3,15)16/h4-6,9H,7-8,14H2,1-3H3. The molecule has 0 aliphatic heterocycles. The summed E-state index contributed by atoms with van der Waals surface area (Å²) in [6, 6.07) is 5.29. The topological polar surface area (TPSA) is 69.4 Å². The Morgan fingerprint density at radius 2 is 2.00 bits per heavy atom. The number of methoxy groups -OCH3 is 1. The van der Waals surface area contributed by atoms with Crippen molar-refractivity contribution < 1.29 is 13.2 Å². The second-order valence-corrected chi connectivity index (χ2v) is 7.01. The van der Waals surface area contributed by atoms with Gasteiger partial charge in [-0.3, -0.25) is 0 Å². The van der Waals surface area contributed by atoms with Crippen molar-refractivity contribution in [3.8, 4) is 5.75 Å². The van der Waals surface area contributed by atoms with E-state index in [2.05, 4.69) is 0 Å². The summed E-state index contributed by atoms with van der Waals surface area (Å²) < 4.78 is 29.2. The molecule has 1 unspecified atom stereocenters. The molecule has 1 aliphatic carbocycles. The first-order chi connectivity index (χ1) is 8.33. The number of nitrogens with two attached hydrogens (primary N) is 1. The van der Waals surface area contributed by atoms with Crippen LogP contribution in [0.1, 0.15) is 25.3 Å². The fourth-order valence-corrected chi connectivity index (χ4v) is 3.74. The predicted molar refractivity (Wildman–Crippen MR) is 70.7 cm³/mol. The van der Waals surface area contributed by atoms with Crippen LogP contribution >= 0.6 is 0 Å². The van der Waals surface area contributed by atoms with E-state index in [1.165, 1.54) is 13.4 Å². The van der Waals surface area contributed by atoms with Crippen LogP contribution in [0.4, 0.5) is 0 Å². The van der Waals surface area contributed by atoms with Gasteiger partial charge in [0, 0.05) is 17.7 Å². The number of rotatable bonds is 4. The molecule has 0 saturated heterocycles. The molecular weight excluding hydrogens is 250 g/mol. The number of ether oxygens (including phenoxy) is 1. The van der Waals surface area contributed by atoms with Gasteiger partial charge >= 0.3 is 0 Å². The highest BCUT2D eigenvalue weighted by molar-refractivity contribution is 7.90. The smallest absolute Gasteiger partial charge is 0.179 e. The Morgan fingerprint density at radius 1 is 1.39 bits per heavy atom. The summed E-state index contributed by atoms with van der Waals surface area (Å²) in [6.07, 6.45) is 3.08. The molecule has 18 heavy (non-hydrogen) atoms. The third-order valence-electron chi connectivity index (χ3n) is 3.77. The molecule has 1 aliphatic rings. The first kappa shape index (κ1) is 13.4. The Kier molecular flexibility index (Phi) is 3.15. The summed E-state index contributed by atoms with van der Waals surface area (Å²) in [6.45, 7) is 1.93. The van der Waals surface area contributed by atoms with E-state index in [4.69, 9.17) is 10.5 Å². The fourth-order valence-electron chi connectivity index (χ4n) is 2.56. The summed E-state index contributed by atoms with van der Waals surface area (Å²) >= 11 is 0. The second-order valence-electron chi connectivity index (χ2n) is 5.05. The fraction of sp³-hybridized carbons (Fsp3) is 0.538. The van der Waals surface area contributed by atoms with Crippen LogP contribution in [-0.4, -0.2) is 27.8 Å². The molecule has 0 heterocycles. The third kappa shape index (κ3) is 2.01. The average Bonchev–Trinajstić information content (AvgIpc) is 3.07. The minimum atomic E-state index is -3.33. The number of hydrogen-bond donors (Lipinski definition) is 1. The molecule has 5 heteroatoms. The van der Waals surface area contributed by atoms with Crippen LogP contribution in [0.3, 0.4) is 0 Å². The summed E-state index contributed by atoms with van der Waals surface area (Å²) in [4.78, 5) is 0.294. The van der Waals surface area contributed by atoms with Crippen molar-refractivity contribution in [2.75, 3.05) is 13.4 Å². The van der Waals surface area contributed by atoms with Crippen LogP contribution in [-0.2, 0) is 15.3 Å². The van der Waals surface area contributed by atoms with Crippen LogP contribution in [0.15, 0.2) is 23.1 Å². The minimum absolute atomic E-state index is 0.0647. The van der Waals surface area contributed by atoms with Crippen LogP contribution in [0, 0.1) is 0 Å². The van der Waals surface area contributed by atoms with Crippen molar-refractivity contribution in [2.45, 2.75) is 36.1 Å². The van der Waals surface area contributed by atoms with E-state index in [-0.39, 0.29) is 11.5 Å². The van der Waals surface area contributed by atoms with Crippen molar-refractivity contribution in [3.63, 3.8) is 0 Å². The second kappa shape index (κ2) is 4.24. The molecule has 1 fully saturated rings. The van der Waals surface area contributed by atoms with Gasteiger partial charge in [-0.2, -0.15) is 0 Å². The maximum Gasteiger partial charge on any atom is 0.179 e. The molecule has 1 saturated carbocycles. The highest BCUT2D eigenvalue weighted by Gasteiger charge is 2.50. The van der Waals surface area contributed by atoms with E-state index < -0.39 is 9.84 Å². The van der Waals surface area contributed by atoms with Gasteiger partial charge in [0.1, 0.15) is 10.6 Å². The lowest BCUT2D eigenvalue weighted by Gasteiger charge is -2.23. The van der Waals surface area contributed by atoms with Gasteiger partial charge in [0.25, 0.3) is 0 Å². The van der Waals surface area contributed by atoms with E-state index in [0.29, 0.717) is 10.6 Å². The highest BCUT2D eigenvalue weighted by Crippen LogP contribution is 2.53. The molecule has 100 valence electrons. The Balaban J connectivity index is 2.69. The first-order valence-corrected chi connectivity index (χ1v) is 7.85.